The smallest absolute Gasteiger partial charge is 0.369 e. The van der Waals surface area contributed by atoms with Gasteiger partial charge in [-0.15, -0.1) is 0 Å². The fourth-order valence-corrected chi connectivity index (χ4v) is 3.83. The van der Waals surface area contributed by atoms with Crippen molar-refractivity contribution < 1.29 is 27.5 Å². The maximum absolute atomic E-state index is 12.7. The van der Waals surface area contributed by atoms with Crippen molar-refractivity contribution in [2.45, 2.75) is 44.1 Å². The number of ether oxygens (including phenoxy) is 1. The van der Waals surface area contributed by atoms with E-state index in [-0.39, 0.29) is 31.0 Å². The molecule has 166 valence electrons. The molecule has 0 radical (unpaired) electrons. The highest BCUT2D eigenvalue weighted by atomic mass is 19.4. The Kier molecular flexibility index (Phi) is 6.46. The number of carbonyl (C=O) groups is 2. The van der Waals surface area contributed by atoms with E-state index in [0.717, 1.165) is 0 Å². The van der Waals surface area contributed by atoms with Crippen LogP contribution in [0.1, 0.15) is 25.3 Å². The Morgan fingerprint density at radius 2 is 1.97 bits per heavy atom. The number of likely N-dealkylation sites (tertiary alicyclic amines) is 1. The number of hydrogen-bond acceptors (Lipinski definition) is 7. The molecule has 3 unspecified atom stereocenters. The molecule has 1 aromatic heterocycles. The van der Waals surface area contributed by atoms with Crippen molar-refractivity contribution in [2.75, 3.05) is 31.1 Å². The molecule has 12 heteroatoms. The average Bonchev–Trinajstić information content (AvgIpc) is 3.05. The molecule has 3 rings (SSSR count). The topological polar surface area (TPSA) is 128 Å². The van der Waals surface area contributed by atoms with Crippen molar-refractivity contribution in [1.29, 1.82) is 0 Å². The van der Waals surface area contributed by atoms with Crippen LogP contribution in [0.15, 0.2) is 12.4 Å². The molecule has 0 aliphatic carbocycles. The van der Waals surface area contributed by atoms with E-state index in [0.29, 0.717) is 38.3 Å². The predicted molar refractivity (Wildman–Crippen MR) is 100 cm³/mol. The third kappa shape index (κ3) is 4.81. The van der Waals surface area contributed by atoms with Gasteiger partial charge in [0.1, 0.15) is 6.10 Å². The Labute approximate surface area is 171 Å². The number of alkyl halides is 3. The van der Waals surface area contributed by atoms with Gasteiger partial charge in [0, 0.05) is 50.5 Å². The first kappa shape index (κ1) is 22.2. The SMILES string of the molecule is CC(N)CO[C@@H]1CCN(C2CCN(c3ncc(C(F)(F)F)cn3)CC2C(N)=O)C1=O. The minimum atomic E-state index is -4.53. The summed E-state index contributed by atoms with van der Waals surface area (Å²) in [6.45, 7) is 2.95. The van der Waals surface area contributed by atoms with E-state index in [1.165, 1.54) is 0 Å². The Hall–Kier alpha value is -2.47. The van der Waals surface area contributed by atoms with E-state index in [1.54, 1.807) is 16.7 Å². The number of nitrogens with zero attached hydrogens (tertiary/aromatic N) is 4. The molecule has 2 amide bonds. The van der Waals surface area contributed by atoms with E-state index in [9.17, 15) is 22.8 Å². The summed E-state index contributed by atoms with van der Waals surface area (Å²) in [5.41, 5.74) is 10.3. The van der Waals surface area contributed by atoms with Crippen LogP contribution in [-0.2, 0) is 20.5 Å². The molecule has 0 saturated carbocycles. The first-order chi connectivity index (χ1) is 14.1. The predicted octanol–water partition coefficient (Wildman–Crippen LogP) is 0.140. The van der Waals surface area contributed by atoms with Gasteiger partial charge >= 0.3 is 6.18 Å². The summed E-state index contributed by atoms with van der Waals surface area (Å²) in [5, 5.41) is 0. The molecule has 3 heterocycles. The number of amides is 2. The lowest BCUT2D eigenvalue weighted by atomic mass is 9.90. The highest BCUT2D eigenvalue weighted by Gasteiger charge is 2.44. The van der Waals surface area contributed by atoms with Gasteiger partial charge in [-0.1, -0.05) is 0 Å². The Balaban J connectivity index is 1.69. The lowest BCUT2D eigenvalue weighted by Crippen LogP contribution is -2.56. The van der Waals surface area contributed by atoms with Gasteiger partial charge in [0.05, 0.1) is 18.1 Å². The quantitative estimate of drug-likeness (QED) is 0.657. The fourth-order valence-electron chi connectivity index (χ4n) is 3.83. The minimum Gasteiger partial charge on any atom is -0.369 e. The van der Waals surface area contributed by atoms with Crippen molar-refractivity contribution in [3.05, 3.63) is 18.0 Å². The van der Waals surface area contributed by atoms with Crippen LogP contribution in [0.2, 0.25) is 0 Å². The second-order valence-electron chi connectivity index (χ2n) is 7.70. The first-order valence-electron chi connectivity index (χ1n) is 9.69. The van der Waals surface area contributed by atoms with Crippen molar-refractivity contribution >= 4 is 17.8 Å². The van der Waals surface area contributed by atoms with Gasteiger partial charge in [-0.05, 0) is 13.3 Å². The number of piperidine rings is 1. The van der Waals surface area contributed by atoms with Crippen LogP contribution in [0.25, 0.3) is 0 Å². The minimum absolute atomic E-state index is 0.0820. The molecule has 4 N–H and O–H groups in total. The van der Waals surface area contributed by atoms with E-state index < -0.39 is 35.7 Å². The second kappa shape index (κ2) is 8.72. The number of nitrogens with two attached hydrogens (primary N) is 2. The van der Waals surface area contributed by atoms with Gasteiger partial charge in [-0.25, -0.2) is 9.97 Å². The number of aromatic nitrogens is 2. The fraction of sp³-hybridized carbons (Fsp3) is 0.667. The molecule has 2 aliphatic rings. The van der Waals surface area contributed by atoms with Crippen LogP contribution in [0.4, 0.5) is 19.1 Å². The van der Waals surface area contributed by atoms with E-state index in [4.69, 9.17) is 16.2 Å². The largest absolute Gasteiger partial charge is 0.419 e. The number of anilines is 1. The van der Waals surface area contributed by atoms with Crippen LogP contribution in [0.5, 0.6) is 0 Å². The molecule has 0 aromatic carbocycles. The highest BCUT2D eigenvalue weighted by molar-refractivity contribution is 5.85. The maximum Gasteiger partial charge on any atom is 0.419 e. The van der Waals surface area contributed by atoms with Crippen LogP contribution < -0.4 is 16.4 Å². The van der Waals surface area contributed by atoms with Crippen LogP contribution in [-0.4, -0.2) is 71.1 Å². The van der Waals surface area contributed by atoms with Crippen molar-refractivity contribution in [1.82, 2.24) is 14.9 Å². The molecule has 1 aromatic rings. The average molecular weight is 430 g/mol. The zero-order valence-electron chi connectivity index (χ0n) is 16.5. The first-order valence-corrected chi connectivity index (χ1v) is 9.69. The third-order valence-electron chi connectivity index (χ3n) is 5.34. The lowest BCUT2D eigenvalue weighted by Gasteiger charge is -2.41. The Morgan fingerprint density at radius 1 is 1.30 bits per heavy atom. The van der Waals surface area contributed by atoms with Gasteiger partial charge < -0.3 is 26.0 Å². The summed E-state index contributed by atoms with van der Waals surface area (Å²) >= 11 is 0. The van der Waals surface area contributed by atoms with Crippen LogP contribution in [0.3, 0.4) is 0 Å². The molecule has 0 spiro atoms. The zero-order valence-corrected chi connectivity index (χ0v) is 16.5. The van der Waals surface area contributed by atoms with Crippen LogP contribution in [0, 0.1) is 5.92 Å². The van der Waals surface area contributed by atoms with Gasteiger partial charge in [0.15, 0.2) is 0 Å². The molecule has 0 bridgehead atoms. The molecular formula is C18H25F3N6O3. The third-order valence-corrected chi connectivity index (χ3v) is 5.34. The molecule has 30 heavy (non-hydrogen) atoms. The van der Waals surface area contributed by atoms with Crippen molar-refractivity contribution in [3.63, 3.8) is 0 Å². The summed E-state index contributed by atoms with van der Waals surface area (Å²) in [4.78, 5) is 35.6. The summed E-state index contributed by atoms with van der Waals surface area (Å²) in [6.07, 6.45) is -2.81. The van der Waals surface area contributed by atoms with Crippen LogP contribution >= 0.6 is 0 Å². The summed E-state index contributed by atoms with van der Waals surface area (Å²) in [7, 11) is 0. The number of carbonyl (C=O) groups excluding carboxylic acids is 2. The normalized spacial score (nSPS) is 26.2. The van der Waals surface area contributed by atoms with E-state index >= 15 is 0 Å². The molecule has 2 fully saturated rings. The lowest BCUT2D eigenvalue weighted by molar-refractivity contribution is -0.142. The number of hydrogen-bond donors (Lipinski definition) is 2. The molecule has 4 atom stereocenters. The van der Waals surface area contributed by atoms with E-state index in [1.807, 2.05) is 0 Å². The van der Waals surface area contributed by atoms with Crippen molar-refractivity contribution in [2.24, 2.45) is 17.4 Å². The standard InChI is InChI=1S/C18H25F3N6O3/c1-10(22)9-30-14-3-5-27(16(14)29)13-2-4-26(8-12(13)15(23)28)17-24-6-11(7-25-17)18(19,20)21/h6-7,10,12-14H,2-5,8-9,22H2,1H3,(H2,23,28)/t10?,12?,13?,14-/m1/s1. The Morgan fingerprint density at radius 3 is 2.53 bits per heavy atom. The monoisotopic (exact) mass is 430 g/mol. The van der Waals surface area contributed by atoms with E-state index in [2.05, 4.69) is 9.97 Å². The Bertz CT molecular complexity index is 773. The number of halogens is 3. The molecular weight excluding hydrogens is 405 g/mol. The number of primary amides is 1. The van der Waals surface area contributed by atoms with Gasteiger partial charge in [0.25, 0.3) is 5.91 Å². The molecule has 2 saturated heterocycles. The van der Waals surface area contributed by atoms with Gasteiger partial charge in [-0.3, -0.25) is 9.59 Å². The molecule has 9 nitrogen and oxygen atoms in total. The summed E-state index contributed by atoms with van der Waals surface area (Å²) in [5.74, 6) is -1.42. The summed E-state index contributed by atoms with van der Waals surface area (Å²) < 4.78 is 43.7. The maximum atomic E-state index is 12.7. The van der Waals surface area contributed by atoms with Gasteiger partial charge in [-0.2, -0.15) is 13.2 Å². The number of rotatable bonds is 6. The molecule has 2 aliphatic heterocycles. The van der Waals surface area contributed by atoms with Crippen molar-refractivity contribution in [3.8, 4) is 0 Å². The summed E-state index contributed by atoms with van der Waals surface area (Å²) in [6, 6.07) is -0.609. The van der Waals surface area contributed by atoms with Gasteiger partial charge in [0.2, 0.25) is 11.9 Å². The zero-order chi connectivity index (χ0) is 22.1. The second-order valence-corrected chi connectivity index (χ2v) is 7.70. The highest BCUT2D eigenvalue weighted by Crippen LogP contribution is 2.31.